The number of amides is 1. The van der Waals surface area contributed by atoms with E-state index in [1.54, 1.807) is 21.3 Å². The zero-order valence-corrected chi connectivity index (χ0v) is 16.4. The molecule has 0 aliphatic carbocycles. The van der Waals surface area contributed by atoms with E-state index in [9.17, 15) is 4.79 Å². The molecule has 0 unspecified atom stereocenters. The highest BCUT2D eigenvalue weighted by molar-refractivity contribution is 5.84. The lowest BCUT2D eigenvalue weighted by molar-refractivity contribution is -0.132. The smallest absolute Gasteiger partial charge is 0.242 e. The zero-order valence-electron chi connectivity index (χ0n) is 16.4. The molecule has 1 aliphatic rings. The summed E-state index contributed by atoms with van der Waals surface area (Å²) in [6, 6.07) is 11.9. The predicted octanol–water partition coefficient (Wildman–Crippen LogP) is 3.25. The van der Waals surface area contributed by atoms with Crippen molar-refractivity contribution in [2.45, 2.75) is 19.5 Å². The molecule has 0 bridgehead atoms. The maximum Gasteiger partial charge on any atom is 0.242 e. The Hall–Kier alpha value is -3.15. The molecule has 6 heteroatoms. The minimum Gasteiger partial charge on any atom is -0.497 e. The van der Waals surface area contributed by atoms with Crippen LogP contribution in [0.25, 0.3) is 10.9 Å². The molecule has 146 valence electrons. The molecule has 0 N–H and O–H groups in total. The van der Waals surface area contributed by atoms with E-state index in [0.717, 1.165) is 34.4 Å². The van der Waals surface area contributed by atoms with Gasteiger partial charge in [0.25, 0.3) is 0 Å². The van der Waals surface area contributed by atoms with Crippen LogP contribution in [0, 0.1) is 0 Å². The number of benzene rings is 2. The molecule has 6 nitrogen and oxygen atoms in total. The molecule has 0 radical (unpaired) electrons. The summed E-state index contributed by atoms with van der Waals surface area (Å²) in [5.74, 6) is 2.35. The third-order valence-electron chi connectivity index (χ3n) is 5.35. The van der Waals surface area contributed by atoms with Gasteiger partial charge in [-0.1, -0.05) is 0 Å². The van der Waals surface area contributed by atoms with Gasteiger partial charge in [0.1, 0.15) is 12.3 Å². The van der Waals surface area contributed by atoms with E-state index < -0.39 is 0 Å². The maximum absolute atomic E-state index is 12.9. The third kappa shape index (κ3) is 3.26. The number of carbonyl (C=O) groups excluding carboxylic acids is 1. The molecule has 1 aliphatic heterocycles. The summed E-state index contributed by atoms with van der Waals surface area (Å²) in [6.07, 6.45) is 2.76. The normalized spacial score (nSPS) is 13.3. The van der Waals surface area contributed by atoms with Crippen LogP contribution >= 0.6 is 0 Å². The molecule has 1 aromatic heterocycles. The van der Waals surface area contributed by atoms with Gasteiger partial charge in [-0.3, -0.25) is 4.79 Å². The largest absolute Gasteiger partial charge is 0.497 e. The average molecular weight is 380 g/mol. The number of aromatic nitrogens is 1. The lowest BCUT2D eigenvalue weighted by Crippen LogP contribution is -2.37. The molecule has 28 heavy (non-hydrogen) atoms. The van der Waals surface area contributed by atoms with Gasteiger partial charge in [-0.05, 0) is 53.9 Å². The van der Waals surface area contributed by atoms with E-state index in [2.05, 4.69) is 0 Å². The van der Waals surface area contributed by atoms with Gasteiger partial charge < -0.3 is 23.7 Å². The number of rotatable bonds is 5. The Morgan fingerprint density at radius 1 is 0.964 bits per heavy atom. The summed E-state index contributed by atoms with van der Waals surface area (Å²) in [6.45, 7) is 1.61. The van der Waals surface area contributed by atoms with Crippen LogP contribution in [-0.2, 0) is 24.3 Å². The summed E-state index contributed by atoms with van der Waals surface area (Å²) in [4.78, 5) is 14.9. The zero-order chi connectivity index (χ0) is 19.7. The number of ether oxygens (including phenoxy) is 3. The van der Waals surface area contributed by atoms with Gasteiger partial charge in [0.15, 0.2) is 11.5 Å². The molecular weight excluding hydrogens is 356 g/mol. The first-order valence-electron chi connectivity index (χ1n) is 9.27. The second kappa shape index (κ2) is 7.46. The van der Waals surface area contributed by atoms with Gasteiger partial charge in [-0.15, -0.1) is 0 Å². The van der Waals surface area contributed by atoms with E-state index in [4.69, 9.17) is 14.2 Å². The van der Waals surface area contributed by atoms with Crippen molar-refractivity contribution in [3.63, 3.8) is 0 Å². The summed E-state index contributed by atoms with van der Waals surface area (Å²) in [7, 11) is 4.92. The summed E-state index contributed by atoms with van der Waals surface area (Å²) >= 11 is 0. The van der Waals surface area contributed by atoms with E-state index in [-0.39, 0.29) is 5.91 Å². The highest BCUT2D eigenvalue weighted by Gasteiger charge is 2.23. The highest BCUT2D eigenvalue weighted by atomic mass is 16.5. The van der Waals surface area contributed by atoms with Crippen LogP contribution in [0.5, 0.6) is 17.2 Å². The van der Waals surface area contributed by atoms with E-state index in [1.807, 2.05) is 52.1 Å². The van der Waals surface area contributed by atoms with Gasteiger partial charge in [-0.2, -0.15) is 0 Å². The van der Waals surface area contributed by atoms with Crippen molar-refractivity contribution in [2.75, 3.05) is 27.9 Å². The minimum atomic E-state index is 0.105. The number of nitrogens with zero attached hydrogens (tertiary/aromatic N) is 2. The van der Waals surface area contributed by atoms with Crippen molar-refractivity contribution in [2.24, 2.45) is 0 Å². The summed E-state index contributed by atoms with van der Waals surface area (Å²) in [5, 5.41) is 1.06. The standard InChI is InChI=1S/C22H24N2O4/c1-26-18-4-5-19-16(10-18)7-8-23(19)14-22(25)24-9-6-15-11-20(27-2)21(28-3)12-17(15)13-24/h4-5,7-8,10-12H,6,9,13-14H2,1-3H3. The minimum absolute atomic E-state index is 0.105. The molecule has 4 rings (SSSR count). The van der Waals surface area contributed by atoms with Gasteiger partial charge in [-0.25, -0.2) is 0 Å². The van der Waals surface area contributed by atoms with E-state index in [1.165, 1.54) is 5.56 Å². The first kappa shape index (κ1) is 18.2. The molecule has 1 amide bonds. The predicted molar refractivity (Wildman–Crippen MR) is 107 cm³/mol. The van der Waals surface area contributed by atoms with E-state index >= 15 is 0 Å². The van der Waals surface area contributed by atoms with Crippen LogP contribution in [0.3, 0.4) is 0 Å². The van der Waals surface area contributed by atoms with Crippen molar-refractivity contribution in [1.29, 1.82) is 0 Å². The Morgan fingerprint density at radius 2 is 1.71 bits per heavy atom. The van der Waals surface area contributed by atoms with Crippen LogP contribution in [-0.4, -0.2) is 43.2 Å². The SMILES string of the molecule is COc1ccc2c(ccn2CC(=O)N2CCc3cc(OC)c(OC)cc3C2)c1. The Kier molecular flexibility index (Phi) is 4.86. The van der Waals surface area contributed by atoms with Crippen LogP contribution in [0.2, 0.25) is 0 Å². The lowest BCUT2D eigenvalue weighted by atomic mass is 9.98. The lowest BCUT2D eigenvalue weighted by Gasteiger charge is -2.30. The van der Waals surface area contributed by atoms with E-state index in [0.29, 0.717) is 25.4 Å². The topological polar surface area (TPSA) is 52.9 Å². The van der Waals surface area contributed by atoms with Crippen molar-refractivity contribution < 1.29 is 19.0 Å². The van der Waals surface area contributed by atoms with Gasteiger partial charge in [0, 0.05) is 30.2 Å². The first-order chi connectivity index (χ1) is 13.6. The number of fused-ring (bicyclic) bond motifs is 2. The van der Waals surface area contributed by atoms with Crippen molar-refractivity contribution in [3.8, 4) is 17.2 Å². The van der Waals surface area contributed by atoms with Crippen LogP contribution in [0.4, 0.5) is 0 Å². The summed E-state index contributed by atoms with van der Waals surface area (Å²) in [5.41, 5.74) is 3.34. The Morgan fingerprint density at radius 3 is 2.43 bits per heavy atom. The fourth-order valence-electron chi connectivity index (χ4n) is 3.78. The quantitative estimate of drug-likeness (QED) is 0.682. The molecular formula is C22H24N2O4. The van der Waals surface area contributed by atoms with Gasteiger partial charge in [0.2, 0.25) is 5.91 Å². The molecule has 0 fully saturated rings. The van der Waals surface area contributed by atoms with Gasteiger partial charge in [0.05, 0.1) is 21.3 Å². The second-order valence-corrected chi connectivity index (χ2v) is 6.91. The Labute approximate surface area is 164 Å². The fraction of sp³-hybridized carbons (Fsp3) is 0.318. The maximum atomic E-state index is 12.9. The average Bonchev–Trinajstić information content (AvgIpc) is 3.13. The van der Waals surface area contributed by atoms with Crippen LogP contribution in [0.15, 0.2) is 42.6 Å². The number of carbonyl (C=O) groups is 1. The van der Waals surface area contributed by atoms with Crippen molar-refractivity contribution in [3.05, 3.63) is 53.7 Å². The van der Waals surface area contributed by atoms with Crippen LogP contribution < -0.4 is 14.2 Å². The van der Waals surface area contributed by atoms with Crippen molar-refractivity contribution >= 4 is 16.8 Å². The number of hydrogen-bond acceptors (Lipinski definition) is 4. The Balaban J connectivity index is 1.52. The molecule has 0 saturated heterocycles. The molecule has 2 aromatic carbocycles. The molecule has 3 aromatic rings. The summed E-state index contributed by atoms with van der Waals surface area (Å²) < 4.78 is 18.1. The third-order valence-corrected chi connectivity index (χ3v) is 5.35. The number of methoxy groups -OCH3 is 3. The molecule has 0 spiro atoms. The van der Waals surface area contributed by atoms with Gasteiger partial charge >= 0.3 is 0 Å². The molecule has 2 heterocycles. The monoisotopic (exact) mass is 380 g/mol. The number of hydrogen-bond donors (Lipinski definition) is 0. The molecule has 0 saturated carbocycles. The first-order valence-corrected chi connectivity index (χ1v) is 9.27. The van der Waals surface area contributed by atoms with Crippen molar-refractivity contribution in [1.82, 2.24) is 9.47 Å². The second-order valence-electron chi connectivity index (χ2n) is 6.91. The fourth-order valence-corrected chi connectivity index (χ4v) is 3.78. The van der Waals surface area contributed by atoms with Crippen LogP contribution in [0.1, 0.15) is 11.1 Å². The Bertz CT molecular complexity index is 1020. The highest BCUT2D eigenvalue weighted by Crippen LogP contribution is 2.33. The molecule has 0 atom stereocenters.